The van der Waals surface area contributed by atoms with Crippen LogP contribution in [0.5, 0.6) is 0 Å². The summed E-state index contributed by atoms with van der Waals surface area (Å²) in [7, 11) is 2.07. The van der Waals surface area contributed by atoms with Gasteiger partial charge in [0.15, 0.2) is 0 Å². The van der Waals surface area contributed by atoms with E-state index in [1.54, 1.807) is 0 Å². The molecule has 0 saturated carbocycles. The number of likely N-dealkylation sites (tertiary alicyclic amines) is 2. The molecule has 0 aliphatic carbocycles. The summed E-state index contributed by atoms with van der Waals surface area (Å²) in [4.78, 5) is 16.1. The fourth-order valence-corrected chi connectivity index (χ4v) is 2.38. The molecule has 0 radical (unpaired) electrons. The predicted molar refractivity (Wildman–Crippen MR) is 54.8 cm³/mol. The van der Waals surface area contributed by atoms with Crippen molar-refractivity contribution in [2.75, 3.05) is 33.2 Å². The molecule has 2 aliphatic heterocycles. The van der Waals surface area contributed by atoms with E-state index in [0.29, 0.717) is 5.91 Å². The van der Waals surface area contributed by atoms with Gasteiger partial charge in [-0.2, -0.15) is 0 Å². The molecule has 2 atom stereocenters. The number of rotatable bonds is 1. The van der Waals surface area contributed by atoms with Crippen LogP contribution in [-0.2, 0) is 4.79 Å². The summed E-state index contributed by atoms with van der Waals surface area (Å²) in [6, 6.07) is 0.207. The highest BCUT2D eigenvalue weighted by Gasteiger charge is 2.32. The molecule has 2 N–H and O–H groups in total. The highest BCUT2D eigenvalue weighted by molar-refractivity contribution is 5.79. The van der Waals surface area contributed by atoms with Gasteiger partial charge in [0, 0.05) is 25.7 Å². The highest BCUT2D eigenvalue weighted by atomic mass is 16.2. The van der Waals surface area contributed by atoms with E-state index in [1.165, 1.54) is 0 Å². The Morgan fingerprint density at radius 2 is 2.07 bits per heavy atom. The van der Waals surface area contributed by atoms with Crippen LogP contribution in [0.4, 0.5) is 0 Å². The molecule has 1 unspecified atom stereocenters. The van der Waals surface area contributed by atoms with Crippen LogP contribution in [0.15, 0.2) is 0 Å². The molecule has 0 aromatic rings. The van der Waals surface area contributed by atoms with Crippen molar-refractivity contribution in [1.82, 2.24) is 9.80 Å². The van der Waals surface area contributed by atoms with Gasteiger partial charge in [-0.05, 0) is 26.4 Å². The maximum absolute atomic E-state index is 12.0. The molecule has 0 aromatic heterocycles. The van der Waals surface area contributed by atoms with Gasteiger partial charge < -0.3 is 15.5 Å². The molecule has 1 amide bonds. The molecule has 2 heterocycles. The average Bonchev–Trinajstić information content (AvgIpc) is 2.73. The lowest BCUT2D eigenvalue weighted by molar-refractivity contribution is -0.134. The van der Waals surface area contributed by atoms with Crippen molar-refractivity contribution in [3.05, 3.63) is 0 Å². The van der Waals surface area contributed by atoms with E-state index in [2.05, 4.69) is 11.9 Å². The van der Waals surface area contributed by atoms with Crippen LogP contribution in [0, 0.1) is 5.92 Å². The summed E-state index contributed by atoms with van der Waals surface area (Å²) in [5, 5.41) is 0. The first kappa shape index (κ1) is 9.93. The van der Waals surface area contributed by atoms with Crippen LogP contribution in [-0.4, -0.2) is 55.0 Å². The maximum atomic E-state index is 12.0. The SMILES string of the molecule is CN1CCC(C(=O)N2CC[C@H](N)C2)C1. The molecule has 2 fully saturated rings. The molecule has 0 bridgehead atoms. The van der Waals surface area contributed by atoms with Crippen molar-refractivity contribution in [2.24, 2.45) is 11.7 Å². The van der Waals surface area contributed by atoms with Crippen LogP contribution >= 0.6 is 0 Å². The summed E-state index contributed by atoms with van der Waals surface area (Å²) < 4.78 is 0. The lowest BCUT2D eigenvalue weighted by Gasteiger charge is -2.20. The lowest BCUT2D eigenvalue weighted by atomic mass is 10.1. The lowest BCUT2D eigenvalue weighted by Crippen LogP contribution is -2.37. The Bertz CT molecular complexity index is 209. The Labute approximate surface area is 85.0 Å². The minimum absolute atomic E-state index is 0.207. The quantitative estimate of drug-likeness (QED) is 0.616. The van der Waals surface area contributed by atoms with Gasteiger partial charge in [-0.1, -0.05) is 0 Å². The van der Waals surface area contributed by atoms with Crippen molar-refractivity contribution in [3.63, 3.8) is 0 Å². The molecular weight excluding hydrogens is 178 g/mol. The van der Waals surface area contributed by atoms with E-state index < -0.39 is 0 Å². The first-order valence-electron chi connectivity index (χ1n) is 5.39. The number of nitrogens with two attached hydrogens (primary N) is 1. The molecule has 4 heteroatoms. The van der Waals surface area contributed by atoms with Crippen LogP contribution in [0.2, 0.25) is 0 Å². The van der Waals surface area contributed by atoms with E-state index >= 15 is 0 Å². The number of amides is 1. The zero-order valence-electron chi connectivity index (χ0n) is 8.78. The van der Waals surface area contributed by atoms with E-state index in [1.807, 2.05) is 4.90 Å². The molecule has 0 spiro atoms. The Morgan fingerprint density at radius 1 is 1.29 bits per heavy atom. The van der Waals surface area contributed by atoms with Gasteiger partial charge in [0.1, 0.15) is 0 Å². The molecule has 2 saturated heterocycles. The third-order valence-corrected chi connectivity index (χ3v) is 3.28. The summed E-state index contributed by atoms with van der Waals surface area (Å²) in [6.45, 7) is 3.60. The Morgan fingerprint density at radius 3 is 2.57 bits per heavy atom. The van der Waals surface area contributed by atoms with Crippen molar-refractivity contribution >= 4 is 5.91 Å². The number of carbonyl (C=O) groups is 1. The van der Waals surface area contributed by atoms with Crippen LogP contribution in [0.25, 0.3) is 0 Å². The molecule has 2 rings (SSSR count). The zero-order valence-corrected chi connectivity index (χ0v) is 8.78. The second-order valence-electron chi connectivity index (χ2n) is 4.58. The Hall–Kier alpha value is -0.610. The van der Waals surface area contributed by atoms with Crippen molar-refractivity contribution in [3.8, 4) is 0 Å². The number of hydrogen-bond acceptors (Lipinski definition) is 3. The number of hydrogen-bond donors (Lipinski definition) is 1. The second kappa shape index (κ2) is 3.87. The molecule has 0 aromatic carbocycles. The van der Waals surface area contributed by atoms with Crippen molar-refractivity contribution in [1.29, 1.82) is 0 Å². The fourth-order valence-electron chi connectivity index (χ4n) is 2.38. The van der Waals surface area contributed by atoms with Crippen molar-refractivity contribution in [2.45, 2.75) is 18.9 Å². The normalized spacial score (nSPS) is 34.0. The average molecular weight is 197 g/mol. The maximum Gasteiger partial charge on any atom is 0.227 e. The monoisotopic (exact) mass is 197 g/mol. The van der Waals surface area contributed by atoms with Gasteiger partial charge in [-0.25, -0.2) is 0 Å². The Balaban J connectivity index is 1.89. The highest BCUT2D eigenvalue weighted by Crippen LogP contribution is 2.19. The van der Waals surface area contributed by atoms with Crippen molar-refractivity contribution < 1.29 is 4.79 Å². The molecule has 4 nitrogen and oxygen atoms in total. The smallest absolute Gasteiger partial charge is 0.227 e. The molecule has 2 aliphatic rings. The molecular formula is C10H19N3O. The standard InChI is InChI=1S/C10H19N3O/c1-12-4-2-8(6-12)10(14)13-5-3-9(11)7-13/h8-9H,2-7,11H2,1H3/t8?,9-/m0/s1. The Kier molecular flexibility index (Phi) is 2.74. The third-order valence-electron chi connectivity index (χ3n) is 3.28. The van der Waals surface area contributed by atoms with Gasteiger partial charge >= 0.3 is 0 Å². The summed E-state index contributed by atoms with van der Waals surface area (Å²) >= 11 is 0. The topological polar surface area (TPSA) is 49.6 Å². The van der Waals surface area contributed by atoms with Gasteiger partial charge in [0.25, 0.3) is 0 Å². The van der Waals surface area contributed by atoms with Gasteiger partial charge in [-0.3, -0.25) is 4.79 Å². The largest absolute Gasteiger partial charge is 0.341 e. The van der Waals surface area contributed by atoms with Gasteiger partial charge in [-0.15, -0.1) is 0 Å². The first-order chi connectivity index (χ1) is 6.66. The summed E-state index contributed by atoms with van der Waals surface area (Å²) in [5.74, 6) is 0.549. The van der Waals surface area contributed by atoms with Crippen LogP contribution in [0.1, 0.15) is 12.8 Å². The second-order valence-corrected chi connectivity index (χ2v) is 4.58. The third kappa shape index (κ3) is 1.91. The summed E-state index contributed by atoms with van der Waals surface area (Å²) in [5.41, 5.74) is 5.78. The fraction of sp³-hybridized carbons (Fsp3) is 0.900. The van der Waals surface area contributed by atoms with E-state index in [-0.39, 0.29) is 12.0 Å². The zero-order chi connectivity index (χ0) is 10.1. The minimum atomic E-state index is 0.207. The van der Waals surface area contributed by atoms with Gasteiger partial charge in [0.2, 0.25) is 5.91 Å². The van der Waals surface area contributed by atoms with Crippen LogP contribution < -0.4 is 5.73 Å². The number of carbonyl (C=O) groups excluding carboxylic acids is 1. The van der Waals surface area contributed by atoms with E-state index in [4.69, 9.17) is 5.73 Å². The van der Waals surface area contributed by atoms with E-state index in [9.17, 15) is 4.79 Å². The van der Waals surface area contributed by atoms with E-state index in [0.717, 1.165) is 39.0 Å². The predicted octanol–water partition coefficient (Wildman–Crippen LogP) is -0.502. The molecule has 14 heavy (non-hydrogen) atoms. The first-order valence-corrected chi connectivity index (χ1v) is 5.39. The molecule has 80 valence electrons. The van der Waals surface area contributed by atoms with Gasteiger partial charge in [0.05, 0.1) is 5.92 Å². The van der Waals surface area contributed by atoms with Crippen LogP contribution in [0.3, 0.4) is 0 Å². The minimum Gasteiger partial charge on any atom is -0.341 e. The summed E-state index contributed by atoms with van der Waals surface area (Å²) in [6.07, 6.45) is 1.98. The number of nitrogens with zero attached hydrogens (tertiary/aromatic N) is 2.